The van der Waals surface area contributed by atoms with Crippen LogP contribution in [-0.2, 0) is 46.3 Å². The van der Waals surface area contributed by atoms with Crippen LogP contribution in [0.4, 0.5) is 34.0 Å². The van der Waals surface area contributed by atoms with Crippen LogP contribution in [-0.4, -0.2) is 108 Å². The quantitative estimate of drug-likeness (QED) is 0.0519. The van der Waals surface area contributed by atoms with Gasteiger partial charge >= 0.3 is 24.2 Å². The number of carbonyl (C=O) groups excluding carboxylic acids is 3. The predicted molar refractivity (Wildman–Crippen MR) is 235 cm³/mol. The van der Waals surface area contributed by atoms with Crippen LogP contribution in [0, 0.1) is 25.1 Å². The minimum Gasteiger partial charge on any atom is -0.778 e. The Morgan fingerprint density at radius 3 is 2.18 bits per heavy atom. The molecule has 3 aromatic rings. The standard InChI is InChI=1S/C18H15ClFNO3.C15H16F3N5O4S.C3H8NO5P.C3H9S/c1-3-10(2)24-16-9-15(14(20)8-13(16)19)21-17(22)11-6-4-5-7-12(11)18(21)23;1-9-19-12(22-14(20-9)27-2)21-13(24)23-28(25,26)11-6-4-3-5-10(11)7-8-15(16,17)18;5-3(6)1-4-2-10(7,8)9;1-4(2)3/h1,8-10H,4-7H2,2H3;3-6H,7-8H2,1-2H3,(H2,19,20,21,22,23,24);4H,1-2H2,(H,5,6)(H2,7,8,9);1-3H3/q;;;+1/p-1. The normalized spacial score (nSPS) is 14.7. The number of hydrogen-bond donors (Lipinski definition) is 5. The monoisotopic (exact) mass is 1010 g/mol. The molecule has 2 atom stereocenters. The molecule has 2 aromatic carbocycles. The summed E-state index contributed by atoms with van der Waals surface area (Å²) in [4.78, 5) is 76.7. The Kier molecular flexibility index (Phi) is 22.0. The van der Waals surface area contributed by atoms with Gasteiger partial charge in [0.25, 0.3) is 21.8 Å². The van der Waals surface area contributed by atoms with Gasteiger partial charge in [-0.05, 0) is 74.5 Å². The van der Waals surface area contributed by atoms with Gasteiger partial charge in [0.2, 0.25) is 5.95 Å². The number of methoxy groups -OCH3 is 1. The Labute approximate surface area is 385 Å². The zero-order chi connectivity index (χ0) is 50.2. The van der Waals surface area contributed by atoms with Crippen LogP contribution in [0.15, 0.2) is 52.4 Å². The minimum absolute atomic E-state index is 0.0233. The highest BCUT2D eigenvalue weighted by atomic mass is 35.5. The summed E-state index contributed by atoms with van der Waals surface area (Å²) < 4.78 is 98.5. The van der Waals surface area contributed by atoms with Gasteiger partial charge in [-0.3, -0.25) is 25.0 Å². The molecule has 0 saturated carbocycles. The SMILES string of the molecule is C#CC(C)Oc1cc(N2C(=O)C3=C(CCCC3)C2=O)c(F)cc1Cl.COc1nc(C)nc(NC(=O)NS(=O)(=O)c2ccccc2CCC(F)(F)F)n1.C[S+](C)C.O=C(O)CNCP(=O)([O-])O. The highest BCUT2D eigenvalue weighted by Gasteiger charge is 2.41. The van der Waals surface area contributed by atoms with Crippen LogP contribution >= 0.6 is 19.2 Å². The summed E-state index contributed by atoms with van der Waals surface area (Å²) in [6, 6.07) is 6.08. The number of amides is 4. The fraction of sp³-hybridized carbons (Fsp3) is 0.410. The van der Waals surface area contributed by atoms with Gasteiger partial charge in [-0.15, -0.1) is 6.42 Å². The number of alkyl halides is 3. The van der Waals surface area contributed by atoms with Gasteiger partial charge in [-0.25, -0.2) is 27.2 Å². The Morgan fingerprint density at radius 1 is 1.09 bits per heavy atom. The molecule has 1 aromatic heterocycles. The topological polar surface area (TPSA) is 279 Å². The third kappa shape index (κ3) is 19.2. The first-order valence-electron chi connectivity index (χ1n) is 19.0. The first-order valence-corrected chi connectivity index (χ1v) is 25.1. The Hall–Kier alpha value is -5.35. The summed E-state index contributed by atoms with van der Waals surface area (Å²) in [5.74, 6) is -0.416. The molecule has 1 aliphatic heterocycles. The van der Waals surface area contributed by atoms with E-state index in [4.69, 9.17) is 37.5 Å². The second-order valence-corrected chi connectivity index (χ2v) is 20.2. The average Bonchev–Trinajstić information content (AvgIpc) is 3.45. The number of hydrogen-bond acceptors (Lipinski definition) is 14. The summed E-state index contributed by atoms with van der Waals surface area (Å²) in [5.41, 5.74) is 0.737. The molecule has 66 heavy (non-hydrogen) atoms. The van der Waals surface area contributed by atoms with Crippen LogP contribution in [0.1, 0.15) is 50.4 Å². The molecule has 0 bridgehead atoms. The molecule has 0 radical (unpaired) electrons. The van der Waals surface area contributed by atoms with Crippen LogP contribution in [0.3, 0.4) is 0 Å². The Balaban J connectivity index is 0.000000355. The number of carboxylic acids is 1. The summed E-state index contributed by atoms with van der Waals surface area (Å²) in [6.45, 7) is 2.65. The Morgan fingerprint density at radius 2 is 1.67 bits per heavy atom. The number of rotatable bonds is 13. The second kappa shape index (κ2) is 25.5. The van der Waals surface area contributed by atoms with E-state index in [2.05, 4.69) is 45.0 Å². The fourth-order valence-corrected chi connectivity index (χ4v) is 7.19. The van der Waals surface area contributed by atoms with E-state index in [0.717, 1.165) is 29.9 Å². The lowest BCUT2D eigenvalue weighted by Gasteiger charge is -2.19. The van der Waals surface area contributed by atoms with E-state index in [1.165, 1.54) is 38.3 Å². The molecule has 0 fully saturated rings. The van der Waals surface area contributed by atoms with E-state index < -0.39 is 90.1 Å². The van der Waals surface area contributed by atoms with E-state index in [9.17, 15) is 54.6 Å². The van der Waals surface area contributed by atoms with Gasteiger partial charge in [0.05, 0.1) is 54.3 Å². The number of aliphatic carboxylic acids is 1. The van der Waals surface area contributed by atoms with Crippen LogP contribution in [0.5, 0.6) is 11.8 Å². The molecule has 0 spiro atoms. The maximum absolute atomic E-state index is 14.4. The smallest absolute Gasteiger partial charge is 0.389 e. The van der Waals surface area contributed by atoms with Crippen LogP contribution in [0.2, 0.25) is 5.02 Å². The van der Waals surface area contributed by atoms with Gasteiger partial charge in [-0.1, -0.05) is 35.7 Å². The zero-order valence-corrected chi connectivity index (χ0v) is 39.5. The summed E-state index contributed by atoms with van der Waals surface area (Å²) >= 11 is 5.97. The van der Waals surface area contributed by atoms with Crippen molar-refractivity contribution in [3.63, 3.8) is 0 Å². The van der Waals surface area contributed by atoms with Gasteiger partial charge < -0.3 is 28.9 Å². The van der Waals surface area contributed by atoms with Gasteiger partial charge in [0.15, 0.2) is 6.10 Å². The molecular weight excluding hydrogens is 965 g/mol. The van der Waals surface area contributed by atoms with Crippen LogP contribution < -0.4 is 34.6 Å². The van der Waals surface area contributed by atoms with Gasteiger partial charge in [0, 0.05) is 23.6 Å². The van der Waals surface area contributed by atoms with Crippen molar-refractivity contribution < 1.29 is 74.1 Å². The molecule has 5 N–H and O–H groups in total. The number of sulfonamides is 1. The van der Waals surface area contributed by atoms with Gasteiger partial charge in [0.1, 0.15) is 25.0 Å². The first-order chi connectivity index (χ1) is 30.6. The second-order valence-electron chi connectivity index (χ2n) is 14.1. The lowest BCUT2D eigenvalue weighted by atomic mass is 9.93. The third-order valence-electron chi connectivity index (χ3n) is 8.06. The van der Waals surface area contributed by atoms with Crippen molar-refractivity contribution >= 4 is 75.6 Å². The van der Waals surface area contributed by atoms with Gasteiger partial charge in [-0.2, -0.15) is 28.1 Å². The molecular formula is C39H47ClF4N7O12PS2. The molecule has 4 amide bonds. The van der Waals surface area contributed by atoms with Crippen molar-refractivity contribution in [3.8, 4) is 24.1 Å². The molecule has 2 heterocycles. The largest absolute Gasteiger partial charge is 0.778 e. The fourth-order valence-electron chi connectivity index (χ4n) is 5.42. The molecule has 0 saturated heterocycles. The molecule has 2 aliphatic rings. The number of benzene rings is 2. The van der Waals surface area contributed by atoms with E-state index in [0.29, 0.717) is 34.9 Å². The van der Waals surface area contributed by atoms with Crippen molar-refractivity contribution in [2.45, 2.75) is 69.5 Å². The number of nitrogens with zero attached hydrogens (tertiary/aromatic N) is 4. The van der Waals surface area contributed by atoms with Crippen molar-refractivity contribution in [1.29, 1.82) is 0 Å². The number of carbonyl (C=O) groups is 4. The average molecular weight is 1010 g/mol. The number of aryl methyl sites for hydroxylation is 2. The highest BCUT2D eigenvalue weighted by molar-refractivity contribution is 7.94. The number of terminal acetylenes is 1. The van der Waals surface area contributed by atoms with E-state index in [1.807, 2.05) is 5.32 Å². The van der Waals surface area contributed by atoms with E-state index in [-0.39, 0.29) is 39.8 Å². The number of urea groups is 1. The number of carboxylic acid groups (broad SMARTS) is 1. The highest BCUT2D eigenvalue weighted by Crippen LogP contribution is 2.40. The van der Waals surface area contributed by atoms with Crippen molar-refractivity contribution in [2.75, 3.05) is 48.9 Å². The number of aromatic nitrogens is 3. The predicted octanol–water partition coefficient (Wildman–Crippen LogP) is 4.48. The Bertz CT molecular complexity index is 2440. The molecule has 27 heteroatoms. The number of nitrogens with one attached hydrogen (secondary N) is 3. The van der Waals surface area contributed by atoms with Crippen molar-refractivity contribution in [1.82, 2.24) is 25.0 Å². The summed E-state index contributed by atoms with van der Waals surface area (Å²) in [7, 11) is -6.85. The summed E-state index contributed by atoms with van der Waals surface area (Å²) in [6.07, 6.45) is 7.15. The van der Waals surface area contributed by atoms with E-state index in [1.54, 1.807) is 11.6 Å². The number of imide groups is 1. The first kappa shape index (κ1) is 56.8. The maximum atomic E-state index is 14.4. The molecule has 2 unspecified atom stereocenters. The molecule has 5 rings (SSSR count). The zero-order valence-electron chi connectivity index (χ0n) is 36.2. The lowest BCUT2D eigenvalue weighted by molar-refractivity contribution is -0.193. The van der Waals surface area contributed by atoms with Crippen molar-refractivity contribution in [3.05, 3.63) is 69.8 Å². The number of ether oxygens (including phenoxy) is 2. The maximum Gasteiger partial charge on any atom is 0.389 e. The third-order valence-corrected chi connectivity index (χ3v) is 10.4. The summed E-state index contributed by atoms with van der Waals surface area (Å²) in [5, 5.41) is 12.1. The lowest BCUT2D eigenvalue weighted by Crippen LogP contribution is -2.35. The number of halogens is 5. The molecule has 19 nitrogen and oxygen atoms in total. The van der Waals surface area contributed by atoms with Crippen molar-refractivity contribution in [2.24, 2.45) is 0 Å². The minimum atomic E-state index is -4.45. The van der Waals surface area contributed by atoms with E-state index >= 15 is 0 Å². The number of anilines is 2. The molecule has 362 valence electrons. The van der Waals surface area contributed by atoms with Crippen LogP contribution in [0.25, 0.3) is 0 Å². The molecule has 1 aliphatic carbocycles.